The van der Waals surface area contributed by atoms with Crippen molar-refractivity contribution in [2.45, 2.75) is 91.1 Å². The molecule has 3 saturated carbocycles. The van der Waals surface area contributed by atoms with Gasteiger partial charge in [0.1, 0.15) is 6.10 Å². The summed E-state index contributed by atoms with van der Waals surface area (Å²) < 4.78 is 10.9. The van der Waals surface area contributed by atoms with Gasteiger partial charge in [0.25, 0.3) is 0 Å². The summed E-state index contributed by atoms with van der Waals surface area (Å²) in [5.41, 5.74) is 2.97. The Morgan fingerprint density at radius 1 is 1.06 bits per heavy atom. The Labute approximate surface area is 217 Å². The Bertz CT molecular complexity index is 999. The summed E-state index contributed by atoms with van der Waals surface area (Å²) in [6, 6.07) is 9.41. The highest BCUT2D eigenvalue weighted by Gasteiger charge is 2.57. The lowest BCUT2D eigenvalue weighted by molar-refractivity contribution is -0.141. The van der Waals surface area contributed by atoms with Gasteiger partial charge in [-0.2, -0.15) is 0 Å². The van der Waals surface area contributed by atoms with Crippen LogP contribution in [0.1, 0.15) is 95.3 Å². The van der Waals surface area contributed by atoms with E-state index in [1.54, 1.807) is 5.57 Å². The van der Waals surface area contributed by atoms with Gasteiger partial charge < -0.3 is 9.47 Å². The minimum atomic E-state index is -0.177. The predicted molar refractivity (Wildman–Crippen MR) is 141 cm³/mol. The van der Waals surface area contributed by atoms with Crippen molar-refractivity contribution in [1.82, 2.24) is 0 Å². The summed E-state index contributed by atoms with van der Waals surface area (Å²) in [5, 5.41) is 0. The fourth-order valence-electron chi connectivity index (χ4n) is 9.01. The summed E-state index contributed by atoms with van der Waals surface area (Å²) in [6.45, 7) is 7.42. The largest absolute Gasteiger partial charge is 0.469 e. The molecule has 196 valence electrons. The van der Waals surface area contributed by atoms with Crippen LogP contribution in [0.4, 0.5) is 0 Å². The average molecular weight is 493 g/mol. The van der Waals surface area contributed by atoms with Gasteiger partial charge in [0, 0.05) is 6.42 Å². The molecule has 0 amide bonds. The Morgan fingerprint density at radius 2 is 1.83 bits per heavy atom. The van der Waals surface area contributed by atoms with Gasteiger partial charge in [0.15, 0.2) is 0 Å². The molecule has 0 aromatic heterocycles. The number of esters is 2. The molecule has 36 heavy (non-hydrogen) atoms. The second-order valence-electron chi connectivity index (χ2n) is 12.7. The van der Waals surface area contributed by atoms with Gasteiger partial charge in [-0.3, -0.25) is 4.79 Å². The molecule has 0 spiro atoms. The lowest BCUT2D eigenvalue weighted by Gasteiger charge is -2.57. The molecule has 0 radical (unpaired) electrons. The minimum Gasteiger partial charge on any atom is -0.469 e. The van der Waals surface area contributed by atoms with Gasteiger partial charge in [-0.15, -0.1) is 0 Å². The van der Waals surface area contributed by atoms with Crippen molar-refractivity contribution in [1.29, 1.82) is 0 Å². The molecule has 0 aliphatic heterocycles. The molecule has 0 saturated heterocycles. The molecular formula is C32H44O4. The highest BCUT2D eigenvalue weighted by molar-refractivity contribution is 5.89. The second-order valence-corrected chi connectivity index (χ2v) is 12.7. The standard InChI is InChI=1S/C32H44O4/c1-21(10-15-29(33)35-4)26-13-14-27-25-12-11-23-20-24(36-30(34)22-8-6-5-7-9-22)16-18-31(23,2)28(25)17-19-32(26,27)3/h5-9,17,21,23-27H,10-16,18-20H2,1-4H3/t21-,23-,24-,25+,26?,27+,31+,32-/m1/s1. The molecule has 1 aromatic carbocycles. The van der Waals surface area contributed by atoms with E-state index in [-0.39, 0.29) is 23.5 Å². The normalized spacial score (nSPS) is 38.1. The van der Waals surface area contributed by atoms with Crippen LogP contribution in [0.3, 0.4) is 0 Å². The van der Waals surface area contributed by atoms with Gasteiger partial charge in [0.2, 0.25) is 0 Å². The Morgan fingerprint density at radius 3 is 2.58 bits per heavy atom. The molecule has 4 heteroatoms. The van der Waals surface area contributed by atoms with Crippen molar-refractivity contribution in [2.75, 3.05) is 7.11 Å². The molecule has 1 aromatic rings. The highest BCUT2D eigenvalue weighted by atomic mass is 16.5. The van der Waals surface area contributed by atoms with Gasteiger partial charge in [0.05, 0.1) is 12.7 Å². The van der Waals surface area contributed by atoms with Crippen LogP contribution in [0.2, 0.25) is 0 Å². The van der Waals surface area contributed by atoms with E-state index in [0.29, 0.717) is 41.1 Å². The molecule has 5 rings (SSSR count). The van der Waals surface area contributed by atoms with Crippen molar-refractivity contribution in [3.8, 4) is 0 Å². The van der Waals surface area contributed by atoms with E-state index in [9.17, 15) is 9.59 Å². The van der Waals surface area contributed by atoms with Crippen LogP contribution in [0.5, 0.6) is 0 Å². The summed E-state index contributed by atoms with van der Waals surface area (Å²) >= 11 is 0. The summed E-state index contributed by atoms with van der Waals surface area (Å²) in [5.74, 6) is 3.04. The van der Waals surface area contributed by atoms with Gasteiger partial charge >= 0.3 is 11.9 Å². The third-order valence-corrected chi connectivity index (χ3v) is 11.1. The van der Waals surface area contributed by atoms with Gasteiger partial charge in [-0.1, -0.05) is 50.6 Å². The lowest BCUT2D eigenvalue weighted by Crippen LogP contribution is -2.49. The molecule has 0 N–H and O–H groups in total. The van der Waals surface area contributed by atoms with Gasteiger partial charge in [-0.25, -0.2) is 4.79 Å². The molecule has 3 fully saturated rings. The van der Waals surface area contributed by atoms with E-state index in [4.69, 9.17) is 9.47 Å². The maximum absolute atomic E-state index is 12.7. The Kier molecular flexibility index (Phi) is 7.09. The maximum Gasteiger partial charge on any atom is 0.338 e. The SMILES string of the molecule is COC(=O)CC[C@@H](C)C1CC[C@H]2[C@@H]3CC[C@@H]4C[C@H](OC(=O)c5ccccc5)CC[C@]4(C)C3=CC[C@]12C. The first kappa shape index (κ1) is 25.5. The number of ether oxygens (including phenoxy) is 2. The first-order chi connectivity index (χ1) is 17.3. The van der Waals surface area contributed by atoms with Crippen LogP contribution in [-0.2, 0) is 14.3 Å². The number of benzene rings is 1. The summed E-state index contributed by atoms with van der Waals surface area (Å²) in [6.07, 6.45) is 13.5. The molecule has 4 aliphatic carbocycles. The number of hydrogen-bond donors (Lipinski definition) is 0. The highest BCUT2D eigenvalue weighted by Crippen LogP contribution is 2.66. The van der Waals surface area contributed by atoms with E-state index in [1.807, 2.05) is 30.3 Å². The van der Waals surface area contributed by atoms with E-state index in [2.05, 4.69) is 26.8 Å². The number of carbonyl (C=O) groups excluding carboxylic acids is 2. The fraction of sp³-hybridized carbons (Fsp3) is 0.688. The van der Waals surface area contributed by atoms with Crippen molar-refractivity contribution in [2.24, 2.45) is 40.4 Å². The van der Waals surface area contributed by atoms with Crippen LogP contribution in [0.25, 0.3) is 0 Å². The van der Waals surface area contributed by atoms with E-state index >= 15 is 0 Å². The molecular weight excluding hydrogens is 448 g/mol. The lowest BCUT2D eigenvalue weighted by atomic mass is 9.48. The number of rotatable bonds is 6. The van der Waals surface area contributed by atoms with Crippen molar-refractivity contribution in [3.63, 3.8) is 0 Å². The molecule has 0 bridgehead atoms. The van der Waals surface area contributed by atoms with Crippen LogP contribution in [-0.4, -0.2) is 25.2 Å². The monoisotopic (exact) mass is 492 g/mol. The smallest absolute Gasteiger partial charge is 0.338 e. The van der Waals surface area contributed by atoms with Crippen molar-refractivity contribution < 1.29 is 19.1 Å². The second kappa shape index (κ2) is 9.99. The first-order valence-corrected chi connectivity index (χ1v) is 14.3. The quantitative estimate of drug-likeness (QED) is 0.307. The molecule has 4 aliphatic rings. The van der Waals surface area contributed by atoms with Crippen LogP contribution in [0, 0.1) is 40.4 Å². The summed E-state index contributed by atoms with van der Waals surface area (Å²) in [7, 11) is 1.49. The van der Waals surface area contributed by atoms with Crippen molar-refractivity contribution >= 4 is 11.9 Å². The molecule has 4 nitrogen and oxygen atoms in total. The topological polar surface area (TPSA) is 52.6 Å². The zero-order chi connectivity index (χ0) is 25.5. The number of methoxy groups -OCH3 is 1. The Balaban J connectivity index is 1.27. The minimum absolute atomic E-state index is 0.0355. The fourth-order valence-corrected chi connectivity index (χ4v) is 9.01. The van der Waals surface area contributed by atoms with Gasteiger partial charge in [-0.05, 0) is 110 Å². The van der Waals surface area contributed by atoms with Crippen LogP contribution in [0.15, 0.2) is 42.0 Å². The number of carbonyl (C=O) groups is 2. The van der Waals surface area contributed by atoms with E-state index < -0.39 is 0 Å². The van der Waals surface area contributed by atoms with E-state index in [1.165, 1.54) is 39.2 Å². The first-order valence-electron chi connectivity index (χ1n) is 14.3. The molecule has 1 unspecified atom stereocenters. The maximum atomic E-state index is 12.7. The van der Waals surface area contributed by atoms with Crippen LogP contribution < -0.4 is 0 Å². The summed E-state index contributed by atoms with van der Waals surface area (Å²) in [4.78, 5) is 24.4. The average Bonchev–Trinajstić information content (AvgIpc) is 3.25. The van der Waals surface area contributed by atoms with Crippen LogP contribution >= 0.6 is 0 Å². The zero-order valence-electron chi connectivity index (χ0n) is 22.6. The number of allylic oxidation sites excluding steroid dienone is 2. The number of hydrogen-bond acceptors (Lipinski definition) is 4. The molecule has 0 heterocycles. The zero-order valence-corrected chi connectivity index (χ0v) is 22.6. The van der Waals surface area contributed by atoms with E-state index in [0.717, 1.165) is 31.6 Å². The third-order valence-electron chi connectivity index (χ3n) is 11.1. The predicted octanol–water partition coefficient (Wildman–Crippen LogP) is 7.38. The number of fused-ring (bicyclic) bond motifs is 5. The molecule has 8 atom stereocenters. The van der Waals surface area contributed by atoms with Crippen molar-refractivity contribution in [3.05, 3.63) is 47.5 Å². The third kappa shape index (κ3) is 4.43. The Hall–Kier alpha value is -2.10.